The molecular weight excluding hydrogens is 386 g/mol. The van der Waals surface area contributed by atoms with Crippen LogP contribution >= 0.6 is 0 Å². The molecule has 2 N–H and O–H groups in total. The first-order chi connectivity index (χ1) is 14.8. The van der Waals surface area contributed by atoms with E-state index >= 15 is 0 Å². The van der Waals surface area contributed by atoms with Crippen LogP contribution in [0.25, 0.3) is 0 Å². The van der Waals surface area contributed by atoms with Crippen LogP contribution in [0.4, 0.5) is 5.69 Å². The second-order valence-corrected chi connectivity index (χ2v) is 9.41. The summed E-state index contributed by atoms with van der Waals surface area (Å²) in [5.41, 5.74) is 9.12. The van der Waals surface area contributed by atoms with E-state index in [2.05, 4.69) is 68.4 Å². The summed E-state index contributed by atoms with van der Waals surface area (Å²) < 4.78 is 0.00764. The van der Waals surface area contributed by atoms with Crippen LogP contribution in [0.3, 0.4) is 0 Å². The van der Waals surface area contributed by atoms with Crippen LogP contribution < -0.4 is 10.3 Å². The number of para-hydroxylation sites is 1. The van der Waals surface area contributed by atoms with E-state index in [1.54, 1.807) is 0 Å². The lowest BCUT2D eigenvalue weighted by Gasteiger charge is -2.31. The number of amides is 1. The Morgan fingerprint density at radius 2 is 1.48 bits per heavy atom. The van der Waals surface area contributed by atoms with Gasteiger partial charge in [-0.15, -0.1) is 0 Å². The van der Waals surface area contributed by atoms with Gasteiger partial charge in [0.1, 0.15) is 0 Å². The summed E-state index contributed by atoms with van der Waals surface area (Å²) in [4.78, 5) is 12.2. The van der Waals surface area contributed by atoms with Gasteiger partial charge in [-0.25, -0.2) is 0 Å². The van der Waals surface area contributed by atoms with Gasteiger partial charge in [0.2, 0.25) is 0 Å². The average molecular weight is 429 g/mol. The van der Waals surface area contributed by atoms with Crippen molar-refractivity contribution >= 4 is 17.4 Å². The molecule has 1 aromatic carbocycles. The lowest BCUT2D eigenvalue weighted by molar-refractivity contribution is -0.118. The van der Waals surface area contributed by atoms with Gasteiger partial charge in [0, 0.05) is 22.8 Å². The molecule has 6 nitrogen and oxygen atoms in total. The van der Waals surface area contributed by atoms with Gasteiger partial charge >= 0.3 is 0 Å². The molecule has 0 radical (unpaired) electrons. The predicted octanol–water partition coefficient (Wildman–Crippen LogP) is 6.95. The fraction of sp³-hybridized carbons (Fsp3) is 0.680. The third-order valence-corrected chi connectivity index (χ3v) is 6.13. The van der Waals surface area contributed by atoms with Gasteiger partial charge in [-0.2, -0.15) is 0 Å². The van der Waals surface area contributed by atoms with Gasteiger partial charge in [0.25, 0.3) is 11.7 Å². The lowest BCUT2D eigenvalue weighted by atomic mass is 9.91. The van der Waals surface area contributed by atoms with Crippen molar-refractivity contribution in [1.82, 2.24) is 4.59 Å². The molecule has 1 heterocycles. The average Bonchev–Trinajstić information content (AvgIpc) is 3.11. The fourth-order valence-corrected chi connectivity index (χ4v) is 4.46. The smallest absolute Gasteiger partial charge is 0.276 e. The molecule has 0 spiro atoms. The van der Waals surface area contributed by atoms with Crippen LogP contribution in [-0.4, -0.2) is 18.3 Å². The normalized spacial score (nSPS) is 18.2. The van der Waals surface area contributed by atoms with Crippen molar-refractivity contribution in [2.45, 2.75) is 104 Å². The number of carbonyl (C=O) groups excluding carboxylic acids is 1. The standard InChI is InChI=1S/C25H41N5O/c1-6-7-8-9-10-11-12-13-17-24-27-28-29-30(24,18-23(26)31)25-21(19(2)3)15-14-16-22(25)20(4)5/h14-16,19-20H,6-13,17-18H2,1-5H3,(H-,26,31)/p+1. The number of carbonyl (C=O) groups is 1. The maximum Gasteiger partial charge on any atom is 0.276 e. The van der Waals surface area contributed by atoms with E-state index in [1.807, 2.05) is 0 Å². The number of nitrogens with two attached hydrogens (primary N) is 1. The summed E-state index contributed by atoms with van der Waals surface area (Å²) in [7, 11) is 0. The molecule has 2 rings (SSSR count). The molecule has 0 saturated heterocycles. The number of unbranched alkanes of at least 4 members (excludes halogenated alkanes) is 7. The molecule has 31 heavy (non-hydrogen) atoms. The first-order valence-electron chi connectivity index (χ1n) is 12.1. The second-order valence-electron chi connectivity index (χ2n) is 9.41. The van der Waals surface area contributed by atoms with Crippen LogP contribution in [-0.2, 0) is 4.79 Å². The minimum atomic E-state index is -0.391. The van der Waals surface area contributed by atoms with Gasteiger partial charge in [-0.1, -0.05) is 107 Å². The van der Waals surface area contributed by atoms with Crippen LogP contribution in [0.1, 0.15) is 115 Å². The second kappa shape index (κ2) is 12.1. The van der Waals surface area contributed by atoms with E-state index < -0.39 is 5.91 Å². The summed E-state index contributed by atoms with van der Waals surface area (Å²) in [6.07, 6.45) is 10.8. The van der Waals surface area contributed by atoms with Crippen molar-refractivity contribution in [3.8, 4) is 0 Å². The molecule has 0 saturated carbocycles. The van der Waals surface area contributed by atoms with Crippen molar-refractivity contribution in [3.05, 3.63) is 29.3 Å². The Balaban J connectivity index is 2.26. The highest BCUT2D eigenvalue weighted by molar-refractivity contribution is 5.98. The van der Waals surface area contributed by atoms with Crippen molar-refractivity contribution in [3.63, 3.8) is 0 Å². The lowest BCUT2D eigenvalue weighted by Crippen LogP contribution is -2.53. The number of hydrogen-bond acceptors (Lipinski definition) is 4. The monoisotopic (exact) mass is 428 g/mol. The van der Waals surface area contributed by atoms with Gasteiger partial charge in [0.05, 0.1) is 5.22 Å². The molecule has 172 valence electrons. The first-order valence-corrected chi connectivity index (χ1v) is 12.1. The fourth-order valence-electron chi connectivity index (χ4n) is 4.46. The molecule has 0 aromatic heterocycles. The summed E-state index contributed by atoms with van der Waals surface area (Å²) in [5, 5.41) is 13.0. The summed E-state index contributed by atoms with van der Waals surface area (Å²) in [6.45, 7) is 11.0. The number of rotatable bonds is 14. The Bertz CT molecular complexity index is 758. The molecule has 1 aliphatic rings. The number of amidine groups is 1. The van der Waals surface area contributed by atoms with Crippen molar-refractivity contribution in [2.75, 3.05) is 6.54 Å². The highest BCUT2D eigenvalue weighted by Crippen LogP contribution is 2.42. The van der Waals surface area contributed by atoms with Crippen LogP contribution in [0.2, 0.25) is 0 Å². The van der Waals surface area contributed by atoms with Crippen molar-refractivity contribution < 1.29 is 4.79 Å². The van der Waals surface area contributed by atoms with Gasteiger partial charge in [0.15, 0.2) is 12.2 Å². The van der Waals surface area contributed by atoms with Crippen LogP contribution in [0, 0.1) is 0 Å². The Hall–Kier alpha value is -2.08. The maximum atomic E-state index is 12.2. The van der Waals surface area contributed by atoms with E-state index in [-0.39, 0.29) is 23.0 Å². The quantitative estimate of drug-likeness (QED) is 0.252. The zero-order chi connectivity index (χ0) is 22.9. The molecule has 1 aromatic rings. The highest BCUT2D eigenvalue weighted by atomic mass is 16.1. The molecule has 1 aliphatic heterocycles. The van der Waals surface area contributed by atoms with E-state index in [9.17, 15) is 4.79 Å². The topological polar surface area (TPSA) is 80.2 Å². The molecule has 0 aliphatic carbocycles. The molecule has 6 heteroatoms. The Morgan fingerprint density at radius 1 is 0.935 bits per heavy atom. The molecule has 0 bridgehead atoms. The summed E-state index contributed by atoms with van der Waals surface area (Å²) >= 11 is 0. The Morgan fingerprint density at radius 3 is 2.00 bits per heavy atom. The van der Waals surface area contributed by atoms with Gasteiger partial charge in [-0.05, 0) is 18.3 Å². The maximum absolute atomic E-state index is 12.2. The van der Waals surface area contributed by atoms with Crippen LogP contribution in [0.5, 0.6) is 0 Å². The first kappa shape index (κ1) is 25.2. The highest BCUT2D eigenvalue weighted by Gasteiger charge is 2.47. The number of benzene rings is 1. The van der Waals surface area contributed by atoms with E-state index in [0.29, 0.717) is 0 Å². The number of nitrogens with zero attached hydrogens (tertiary/aromatic N) is 4. The van der Waals surface area contributed by atoms with Crippen LogP contribution in [0.15, 0.2) is 33.7 Å². The van der Waals surface area contributed by atoms with Crippen molar-refractivity contribution in [2.24, 2.45) is 21.3 Å². The van der Waals surface area contributed by atoms with Gasteiger partial charge < -0.3 is 5.73 Å². The molecule has 0 fully saturated rings. The summed E-state index contributed by atoms with van der Waals surface area (Å²) in [6, 6.07) is 6.36. The van der Waals surface area contributed by atoms with Crippen molar-refractivity contribution in [1.29, 1.82) is 0 Å². The largest absolute Gasteiger partial charge is 0.365 e. The Kier molecular flexibility index (Phi) is 9.82. The third-order valence-electron chi connectivity index (χ3n) is 6.13. The number of quaternary nitrogens is 1. The molecular formula is C25H42N5O+. The molecule has 1 unspecified atom stereocenters. The molecule has 1 amide bonds. The third kappa shape index (κ3) is 6.45. The minimum absolute atomic E-state index is 0.00764. The van der Waals surface area contributed by atoms with E-state index in [4.69, 9.17) is 5.73 Å². The zero-order valence-electron chi connectivity index (χ0n) is 20.2. The SMILES string of the molecule is CCCCCCCCCCC1=NN=N[N+]1(CC(N)=O)c1c(C(C)C)cccc1C(C)C. The number of primary amides is 1. The zero-order valence-corrected chi connectivity index (χ0v) is 20.2. The summed E-state index contributed by atoms with van der Waals surface area (Å²) in [5.74, 6) is 1.02. The van der Waals surface area contributed by atoms with E-state index in [1.165, 1.54) is 49.7 Å². The molecule has 1 atom stereocenters. The number of hydrogen-bond donors (Lipinski definition) is 1. The predicted molar refractivity (Wildman–Crippen MR) is 130 cm³/mol. The Labute approximate surface area is 188 Å². The minimum Gasteiger partial charge on any atom is -0.365 e. The van der Waals surface area contributed by atoms with E-state index in [0.717, 1.165) is 30.8 Å². The van der Waals surface area contributed by atoms with Gasteiger partial charge in [-0.3, -0.25) is 4.79 Å².